The van der Waals surface area contributed by atoms with Crippen molar-refractivity contribution in [3.63, 3.8) is 0 Å². The lowest BCUT2D eigenvalue weighted by Crippen LogP contribution is -2.20. The van der Waals surface area contributed by atoms with Gasteiger partial charge in [-0.15, -0.1) is 22.7 Å². The Morgan fingerprint density at radius 3 is 2.90 bits per heavy atom. The number of carboxylic acids is 1. The summed E-state index contributed by atoms with van der Waals surface area (Å²) in [5.41, 5.74) is 2.12. The fraction of sp³-hybridized carbons (Fsp3) is 0.167. The Morgan fingerprint density at radius 1 is 1.40 bits per heavy atom. The molecule has 0 atom stereocenters. The molecule has 102 valence electrons. The van der Waals surface area contributed by atoms with Gasteiger partial charge < -0.3 is 5.11 Å². The highest BCUT2D eigenvalue weighted by molar-refractivity contribution is 7.17. The number of hydrogen-bond acceptors (Lipinski definition) is 6. The van der Waals surface area contributed by atoms with E-state index >= 15 is 0 Å². The minimum atomic E-state index is -1.06. The average Bonchev–Trinajstić information content (AvgIpc) is 3.01. The van der Waals surface area contributed by atoms with E-state index in [9.17, 15) is 9.59 Å². The molecule has 0 saturated heterocycles. The summed E-state index contributed by atoms with van der Waals surface area (Å²) < 4.78 is 2.05. The average molecular weight is 307 g/mol. The molecule has 0 amide bonds. The maximum atomic E-state index is 12.3. The van der Waals surface area contributed by atoms with Crippen molar-refractivity contribution >= 4 is 38.9 Å². The molecule has 20 heavy (non-hydrogen) atoms. The summed E-state index contributed by atoms with van der Waals surface area (Å²) in [6.07, 6.45) is 1.48. The maximum Gasteiger partial charge on any atom is 0.365 e. The van der Waals surface area contributed by atoms with Crippen molar-refractivity contribution in [3.8, 4) is 0 Å². The van der Waals surface area contributed by atoms with Crippen molar-refractivity contribution in [2.75, 3.05) is 0 Å². The van der Waals surface area contributed by atoms with Gasteiger partial charge in [0.2, 0.25) is 5.01 Å². The van der Waals surface area contributed by atoms with Crippen LogP contribution in [0.3, 0.4) is 0 Å². The van der Waals surface area contributed by atoms with Gasteiger partial charge in [0.15, 0.2) is 0 Å². The van der Waals surface area contributed by atoms with Crippen molar-refractivity contribution in [1.82, 2.24) is 14.5 Å². The van der Waals surface area contributed by atoms with Crippen LogP contribution < -0.4 is 5.56 Å². The molecule has 8 heteroatoms. The van der Waals surface area contributed by atoms with Crippen molar-refractivity contribution < 1.29 is 9.90 Å². The predicted molar refractivity (Wildman–Crippen MR) is 76.8 cm³/mol. The number of hydrogen-bond donors (Lipinski definition) is 1. The van der Waals surface area contributed by atoms with Crippen LogP contribution in [0.15, 0.2) is 21.9 Å². The summed E-state index contributed by atoms with van der Waals surface area (Å²) in [6, 6.07) is 0. The lowest BCUT2D eigenvalue weighted by molar-refractivity contribution is 0.0696. The molecule has 0 saturated carbocycles. The number of thiazole rings is 1. The van der Waals surface area contributed by atoms with Gasteiger partial charge in [-0.05, 0) is 17.9 Å². The van der Waals surface area contributed by atoms with Crippen LogP contribution in [-0.4, -0.2) is 25.6 Å². The number of thiophene rings is 1. The van der Waals surface area contributed by atoms with E-state index in [4.69, 9.17) is 5.11 Å². The second-order valence-corrected chi connectivity index (χ2v) is 5.96. The van der Waals surface area contributed by atoms with E-state index in [-0.39, 0.29) is 17.1 Å². The number of fused-ring (bicyclic) bond motifs is 1. The molecule has 0 radical (unpaired) electrons. The largest absolute Gasteiger partial charge is 0.476 e. The van der Waals surface area contributed by atoms with E-state index < -0.39 is 5.97 Å². The maximum absolute atomic E-state index is 12.3. The van der Waals surface area contributed by atoms with Gasteiger partial charge in [0.25, 0.3) is 5.56 Å². The topological polar surface area (TPSA) is 85.1 Å². The van der Waals surface area contributed by atoms with Gasteiger partial charge in [0, 0.05) is 5.38 Å². The quantitative estimate of drug-likeness (QED) is 0.799. The van der Waals surface area contributed by atoms with Gasteiger partial charge in [0.1, 0.15) is 4.70 Å². The molecule has 0 spiro atoms. The van der Waals surface area contributed by atoms with Gasteiger partial charge >= 0.3 is 5.97 Å². The normalized spacial score (nSPS) is 11.1. The van der Waals surface area contributed by atoms with Crippen LogP contribution in [0.5, 0.6) is 0 Å². The van der Waals surface area contributed by atoms with E-state index in [2.05, 4.69) is 9.97 Å². The molecule has 0 unspecified atom stereocenters. The third-order valence-electron chi connectivity index (χ3n) is 2.79. The Kier molecular flexibility index (Phi) is 3.11. The predicted octanol–water partition coefficient (Wildman–Crippen LogP) is 1.97. The Hall–Kier alpha value is -2.06. The fourth-order valence-corrected chi connectivity index (χ4v) is 3.42. The number of carbonyl (C=O) groups is 1. The zero-order valence-corrected chi connectivity index (χ0v) is 12.0. The van der Waals surface area contributed by atoms with Crippen LogP contribution in [0.4, 0.5) is 0 Å². The lowest BCUT2D eigenvalue weighted by atomic mass is 10.3. The minimum absolute atomic E-state index is 0.0223. The number of aryl methyl sites for hydroxylation is 1. The molecule has 3 aromatic heterocycles. The molecule has 0 bridgehead atoms. The minimum Gasteiger partial charge on any atom is -0.476 e. The van der Waals surface area contributed by atoms with E-state index in [1.54, 1.807) is 5.38 Å². The van der Waals surface area contributed by atoms with Crippen LogP contribution >= 0.6 is 22.7 Å². The highest BCUT2D eigenvalue weighted by Crippen LogP contribution is 2.19. The van der Waals surface area contributed by atoms with Crippen molar-refractivity contribution in [3.05, 3.63) is 43.7 Å². The molecule has 3 rings (SSSR count). The summed E-state index contributed by atoms with van der Waals surface area (Å²) in [6.45, 7) is 2.14. The van der Waals surface area contributed by atoms with Crippen LogP contribution in [0.2, 0.25) is 0 Å². The van der Waals surface area contributed by atoms with Crippen molar-refractivity contribution in [2.45, 2.75) is 13.5 Å². The fourth-order valence-electron chi connectivity index (χ4n) is 1.83. The van der Waals surface area contributed by atoms with Gasteiger partial charge in [-0.3, -0.25) is 9.36 Å². The lowest BCUT2D eigenvalue weighted by Gasteiger charge is -2.02. The first-order chi connectivity index (χ1) is 9.56. The second kappa shape index (κ2) is 4.80. The van der Waals surface area contributed by atoms with Crippen LogP contribution in [-0.2, 0) is 6.54 Å². The molecular weight excluding hydrogens is 298 g/mol. The first-order valence-electron chi connectivity index (χ1n) is 5.67. The zero-order valence-electron chi connectivity index (χ0n) is 10.4. The molecule has 0 fully saturated rings. The molecule has 3 heterocycles. The highest BCUT2D eigenvalue weighted by Gasteiger charge is 2.12. The van der Waals surface area contributed by atoms with Crippen LogP contribution in [0.25, 0.3) is 10.2 Å². The number of aromatic nitrogens is 3. The third-order valence-corrected chi connectivity index (χ3v) is 4.74. The van der Waals surface area contributed by atoms with Gasteiger partial charge in [-0.2, -0.15) is 0 Å². The Labute approximate surface area is 121 Å². The molecule has 0 aliphatic rings. The highest BCUT2D eigenvalue weighted by atomic mass is 32.1. The van der Waals surface area contributed by atoms with Crippen LogP contribution in [0, 0.1) is 6.92 Å². The Balaban J connectivity index is 2.00. The van der Waals surface area contributed by atoms with Crippen LogP contribution in [0.1, 0.15) is 21.1 Å². The molecule has 1 N–H and O–H groups in total. The van der Waals surface area contributed by atoms with Crippen molar-refractivity contribution in [1.29, 1.82) is 0 Å². The summed E-state index contributed by atoms with van der Waals surface area (Å²) in [4.78, 5) is 31.3. The Bertz CT molecular complexity index is 862. The third kappa shape index (κ3) is 2.12. The van der Waals surface area contributed by atoms with Crippen molar-refractivity contribution in [2.24, 2.45) is 0 Å². The number of aromatic carboxylic acids is 1. The summed E-state index contributed by atoms with van der Waals surface area (Å²) in [5.74, 6) is -1.06. The molecule has 0 aliphatic carbocycles. The summed E-state index contributed by atoms with van der Waals surface area (Å²) in [7, 11) is 0. The van der Waals surface area contributed by atoms with Gasteiger partial charge in [0.05, 0.1) is 24.1 Å². The Morgan fingerprint density at radius 2 is 2.20 bits per heavy atom. The van der Waals surface area contributed by atoms with E-state index in [1.807, 2.05) is 12.3 Å². The first kappa shape index (κ1) is 12.9. The van der Waals surface area contributed by atoms with Gasteiger partial charge in [-0.25, -0.2) is 14.8 Å². The van der Waals surface area contributed by atoms with Gasteiger partial charge in [-0.1, -0.05) is 0 Å². The first-order valence-corrected chi connectivity index (χ1v) is 7.43. The smallest absolute Gasteiger partial charge is 0.365 e. The monoisotopic (exact) mass is 307 g/mol. The number of rotatable bonds is 3. The van der Waals surface area contributed by atoms with E-state index in [0.29, 0.717) is 10.4 Å². The summed E-state index contributed by atoms with van der Waals surface area (Å²) >= 11 is 2.41. The summed E-state index contributed by atoms with van der Waals surface area (Å²) in [5, 5.41) is 12.4. The van der Waals surface area contributed by atoms with E-state index in [0.717, 1.165) is 22.4 Å². The standard InChI is InChI=1S/C12H9N3O3S2/c1-6-3-19-9-8(6)13-5-15(11(9)16)2-7-4-20-10(14-7)12(17)18/h3-5H,2H2,1H3,(H,17,18). The molecular formula is C12H9N3O3S2. The molecule has 0 aliphatic heterocycles. The molecule has 0 aromatic carbocycles. The SMILES string of the molecule is Cc1csc2c(=O)n(Cc3csc(C(=O)O)n3)cnc12. The molecule has 3 aromatic rings. The number of nitrogens with zero attached hydrogens (tertiary/aromatic N) is 3. The van der Waals surface area contributed by atoms with E-state index in [1.165, 1.54) is 22.2 Å². The second-order valence-electron chi connectivity index (χ2n) is 4.22. The molecule has 6 nitrogen and oxygen atoms in total. The number of carboxylic acid groups (broad SMARTS) is 1. The zero-order chi connectivity index (χ0) is 14.3.